The van der Waals surface area contributed by atoms with Gasteiger partial charge in [-0.25, -0.2) is 10.2 Å². The van der Waals surface area contributed by atoms with Crippen LogP contribution >= 0.6 is 0 Å². The van der Waals surface area contributed by atoms with Gasteiger partial charge >= 0.3 is 5.97 Å². The highest BCUT2D eigenvalue weighted by atomic mass is 16.7. The molecule has 54 valence electrons. The first-order valence-corrected chi connectivity index (χ1v) is 2.48. The summed E-state index contributed by atoms with van der Waals surface area (Å²) in [5.74, 6) is -1.07. The summed E-state index contributed by atoms with van der Waals surface area (Å²) in [5.41, 5.74) is 0. The standard InChI is InChI=1S/C5H6N2O3/c1-4(8)2-5(9)10-7-3-6/h6H,2H2,1H3. The first-order chi connectivity index (χ1) is 4.66. The Bertz CT molecular complexity index is 187. The predicted molar refractivity (Wildman–Crippen MR) is 31.5 cm³/mol. The quantitative estimate of drug-likeness (QED) is 0.264. The van der Waals surface area contributed by atoms with Gasteiger partial charge in [0.05, 0.1) is 0 Å². The van der Waals surface area contributed by atoms with Crippen LogP contribution in [-0.2, 0) is 14.4 Å². The van der Waals surface area contributed by atoms with E-state index in [-0.39, 0.29) is 12.2 Å². The summed E-state index contributed by atoms with van der Waals surface area (Å²) < 4.78 is 0. The molecule has 0 saturated heterocycles. The Balaban J connectivity index is 3.64. The number of ketones is 1. The summed E-state index contributed by atoms with van der Waals surface area (Å²) in [6.45, 7) is 1.26. The number of Topliss-reactive ketones (excluding diaryl/α,β-unsaturated/α-hetero) is 1. The average molecular weight is 142 g/mol. The molecule has 0 fully saturated rings. The predicted octanol–water partition coefficient (Wildman–Crippen LogP) is 0.176. The molecule has 0 radical (unpaired) electrons. The van der Waals surface area contributed by atoms with Gasteiger partial charge in [0.1, 0.15) is 18.2 Å². The van der Waals surface area contributed by atoms with E-state index in [4.69, 9.17) is 5.41 Å². The fourth-order valence-electron chi connectivity index (χ4n) is 0.309. The zero-order chi connectivity index (χ0) is 7.98. The van der Waals surface area contributed by atoms with Gasteiger partial charge in [-0.15, -0.1) is 0 Å². The molecule has 0 aromatic carbocycles. The molecule has 0 amide bonds. The van der Waals surface area contributed by atoms with Gasteiger partial charge in [-0.3, -0.25) is 4.79 Å². The molecule has 0 aromatic heterocycles. The third kappa shape index (κ3) is 4.67. The van der Waals surface area contributed by atoms with E-state index >= 15 is 0 Å². The van der Waals surface area contributed by atoms with Crippen molar-refractivity contribution in [2.75, 3.05) is 0 Å². The zero-order valence-corrected chi connectivity index (χ0v) is 5.38. The normalized spacial score (nSPS) is 7.70. The van der Waals surface area contributed by atoms with Gasteiger partial charge in [0.25, 0.3) is 0 Å². The fraction of sp³-hybridized carbons (Fsp3) is 0.400. The molecule has 0 unspecified atom stereocenters. The molecule has 5 heteroatoms. The van der Waals surface area contributed by atoms with Gasteiger partial charge in [-0.2, -0.15) is 0 Å². The van der Waals surface area contributed by atoms with Crippen molar-refractivity contribution in [3.63, 3.8) is 0 Å². The van der Waals surface area contributed by atoms with Crippen LogP contribution in [0.5, 0.6) is 0 Å². The topological polar surface area (TPSA) is 79.6 Å². The highest BCUT2D eigenvalue weighted by Gasteiger charge is 2.04. The molecule has 0 aliphatic carbocycles. The third-order valence-electron chi connectivity index (χ3n) is 0.586. The molecular formula is C5H6N2O3. The van der Waals surface area contributed by atoms with Gasteiger partial charge in [0.15, 0.2) is 0 Å². The monoisotopic (exact) mass is 142 g/mol. The number of hydrogen-bond donors (Lipinski definition) is 1. The highest BCUT2D eigenvalue weighted by molar-refractivity contribution is 5.94. The number of nitrogens with zero attached hydrogens (tertiary/aromatic N) is 1. The first-order valence-electron chi connectivity index (χ1n) is 2.48. The second-order valence-electron chi connectivity index (χ2n) is 1.55. The van der Waals surface area contributed by atoms with Crippen LogP contribution in [0.15, 0.2) is 5.16 Å². The van der Waals surface area contributed by atoms with Crippen molar-refractivity contribution >= 4 is 17.8 Å². The van der Waals surface area contributed by atoms with E-state index in [1.807, 2.05) is 0 Å². The van der Waals surface area contributed by atoms with Crippen LogP contribution in [0.25, 0.3) is 0 Å². The van der Waals surface area contributed by atoms with Gasteiger partial charge in [-0.05, 0) is 12.1 Å². The van der Waals surface area contributed by atoms with Crippen LogP contribution in [0.1, 0.15) is 13.3 Å². The molecular weight excluding hydrogens is 136 g/mol. The molecule has 0 aliphatic heterocycles. The third-order valence-corrected chi connectivity index (χ3v) is 0.586. The lowest BCUT2D eigenvalue weighted by molar-refractivity contribution is -0.145. The zero-order valence-electron chi connectivity index (χ0n) is 5.38. The second kappa shape index (κ2) is 4.40. The number of nitrogens with one attached hydrogen (secondary N) is 1. The summed E-state index contributed by atoms with van der Waals surface area (Å²) in [7, 11) is 0. The molecule has 0 bridgehead atoms. The average Bonchev–Trinajstić information content (AvgIpc) is 1.82. The summed E-state index contributed by atoms with van der Waals surface area (Å²) in [4.78, 5) is 24.5. The van der Waals surface area contributed by atoms with Gasteiger partial charge in [-0.1, -0.05) is 0 Å². The summed E-state index contributed by atoms with van der Waals surface area (Å²) in [6, 6.07) is 1.49. The maximum absolute atomic E-state index is 10.4. The minimum absolute atomic E-state index is 0.301. The molecule has 0 saturated carbocycles. The Hall–Kier alpha value is -1.48. The maximum Gasteiger partial charge on any atom is 0.343 e. The van der Waals surface area contributed by atoms with Crippen molar-refractivity contribution in [3.05, 3.63) is 0 Å². The lowest BCUT2D eigenvalue weighted by Gasteiger charge is -1.89. The van der Waals surface area contributed by atoms with Crippen LogP contribution in [0, 0.1) is 5.41 Å². The molecule has 0 aliphatic rings. The molecule has 0 spiro atoms. The summed E-state index contributed by atoms with van der Waals surface area (Å²) in [6.07, 6.45) is -0.314. The number of hydrogen-bond acceptors (Lipinski definition) is 5. The number of carbonyl (C=O) groups is 2. The molecule has 10 heavy (non-hydrogen) atoms. The minimum atomic E-state index is -0.771. The van der Waals surface area contributed by atoms with Crippen molar-refractivity contribution in [3.8, 4) is 0 Å². The van der Waals surface area contributed by atoms with Crippen LogP contribution < -0.4 is 0 Å². The van der Waals surface area contributed by atoms with Gasteiger partial charge in [0, 0.05) is 0 Å². The molecule has 0 atom stereocenters. The molecule has 1 N–H and O–H groups in total. The van der Waals surface area contributed by atoms with E-state index in [2.05, 4.69) is 9.99 Å². The van der Waals surface area contributed by atoms with Crippen molar-refractivity contribution in [2.45, 2.75) is 13.3 Å². The Labute approximate surface area is 57.2 Å². The van der Waals surface area contributed by atoms with E-state index in [1.165, 1.54) is 12.9 Å². The molecule has 0 heterocycles. The Kier molecular flexibility index (Phi) is 3.75. The molecule has 0 rings (SSSR count). The van der Waals surface area contributed by atoms with Gasteiger partial charge in [0.2, 0.25) is 0 Å². The minimum Gasteiger partial charge on any atom is -0.308 e. The van der Waals surface area contributed by atoms with E-state index in [0.29, 0.717) is 0 Å². The lowest BCUT2D eigenvalue weighted by Crippen LogP contribution is -2.04. The maximum atomic E-state index is 10.4. The summed E-state index contributed by atoms with van der Waals surface area (Å²) >= 11 is 0. The van der Waals surface area contributed by atoms with E-state index in [9.17, 15) is 9.59 Å². The van der Waals surface area contributed by atoms with Crippen molar-refractivity contribution in [1.29, 1.82) is 5.41 Å². The second-order valence-corrected chi connectivity index (χ2v) is 1.55. The molecule has 0 aromatic rings. The Morgan fingerprint density at radius 1 is 1.70 bits per heavy atom. The van der Waals surface area contributed by atoms with Gasteiger partial charge < -0.3 is 4.84 Å². The fourth-order valence-corrected chi connectivity index (χ4v) is 0.309. The van der Waals surface area contributed by atoms with Crippen LogP contribution in [0.3, 0.4) is 0 Å². The van der Waals surface area contributed by atoms with Crippen molar-refractivity contribution in [2.24, 2.45) is 5.16 Å². The first kappa shape index (κ1) is 8.52. The lowest BCUT2D eigenvalue weighted by atomic mass is 10.3. The van der Waals surface area contributed by atoms with Crippen molar-refractivity contribution in [1.82, 2.24) is 0 Å². The van der Waals surface area contributed by atoms with Crippen LogP contribution in [0.2, 0.25) is 0 Å². The van der Waals surface area contributed by atoms with E-state index in [1.54, 1.807) is 0 Å². The highest BCUT2D eigenvalue weighted by Crippen LogP contribution is 1.86. The van der Waals surface area contributed by atoms with E-state index in [0.717, 1.165) is 0 Å². The smallest absolute Gasteiger partial charge is 0.308 e. The molecule has 5 nitrogen and oxygen atoms in total. The number of carbonyl (C=O) groups excluding carboxylic acids is 2. The van der Waals surface area contributed by atoms with Crippen LogP contribution in [0.4, 0.5) is 0 Å². The van der Waals surface area contributed by atoms with Crippen molar-refractivity contribution < 1.29 is 14.4 Å². The summed E-state index contributed by atoms with van der Waals surface area (Å²) in [5, 5.41) is 8.94. The number of rotatable bonds is 3. The Morgan fingerprint density at radius 3 is 2.70 bits per heavy atom. The Morgan fingerprint density at radius 2 is 2.30 bits per heavy atom. The van der Waals surface area contributed by atoms with Crippen LogP contribution in [-0.4, -0.2) is 17.8 Å². The SMILES string of the molecule is CC(=O)CC(=O)ON=C=N. The van der Waals surface area contributed by atoms with E-state index < -0.39 is 5.97 Å². The largest absolute Gasteiger partial charge is 0.343 e.